The molecule has 0 bridgehead atoms. The lowest BCUT2D eigenvalue weighted by atomic mass is 10.0. The molecular formula is C26H33FN2O3S. The quantitative estimate of drug-likeness (QED) is 0.465. The highest BCUT2D eigenvalue weighted by atomic mass is 32.1. The van der Waals surface area contributed by atoms with E-state index in [0.29, 0.717) is 31.2 Å². The van der Waals surface area contributed by atoms with Gasteiger partial charge in [-0.3, -0.25) is 9.69 Å². The van der Waals surface area contributed by atoms with E-state index in [1.54, 1.807) is 23.5 Å². The number of nitrogens with zero attached hydrogens (tertiary/aromatic N) is 2. The molecule has 1 aromatic heterocycles. The molecule has 1 fully saturated rings. The van der Waals surface area contributed by atoms with E-state index in [0.717, 1.165) is 24.9 Å². The number of hydrogen-bond acceptors (Lipinski definition) is 5. The highest BCUT2D eigenvalue weighted by molar-refractivity contribution is 7.10. The van der Waals surface area contributed by atoms with Gasteiger partial charge in [0.1, 0.15) is 18.2 Å². The number of benzene rings is 1. The van der Waals surface area contributed by atoms with Crippen LogP contribution in [0.1, 0.15) is 42.2 Å². The summed E-state index contributed by atoms with van der Waals surface area (Å²) in [6.07, 6.45) is 5.99. The number of thiophene rings is 1. The minimum absolute atomic E-state index is 0.0521. The Balaban J connectivity index is 1.44. The van der Waals surface area contributed by atoms with Crippen molar-refractivity contribution in [2.45, 2.75) is 44.2 Å². The topological polar surface area (TPSA) is 53.0 Å². The molecule has 33 heavy (non-hydrogen) atoms. The first kappa shape index (κ1) is 23.9. The summed E-state index contributed by atoms with van der Waals surface area (Å²) in [5.74, 6) is 0.800. The number of rotatable bonds is 12. The van der Waals surface area contributed by atoms with Crippen LogP contribution in [0.3, 0.4) is 0 Å². The van der Waals surface area contributed by atoms with Crippen LogP contribution >= 0.6 is 11.3 Å². The van der Waals surface area contributed by atoms with Gasteiger partial charge in [-0.1, -0.05) is 12.1 Å². The molecule has 0 saturated heterocycles. The fraction of sp³-hybridized carbons (Fsp3) is 0.500. The van der Waals surface area contributed by atoms with E-state index in [4.69, 9.17) is 4.74 Å². The van der Waals surface area contributed by atoms with Crippen LogP contribution in [0, 0.1) is 11.7 Å². The fourth-order valence-corrected chi connectivity index (χ4v) is 5.39. The van der Waals surface area contributed by atoms with Crippen LogP contribution in [0.4, 0.5) is 4.39 Å². The van der Waals surface area contributed by atoms with E-state index < -0.39 is 6.10 Å². The Kier molecular flexibility index (Phi) is 8.17. The Labute approximate surface area is 199 Å². The molecule has 1 amide bonds. The summed E-state index contributed by atoms with van der Waals surface area (Å²) in [4.78, 5) is 18.8. The smallest absolute Gasteiger partial charge is 0.237 e. The van der Waals surface area contributed by atoms with Gasteiger partial charge in [0.15, 0.2) is 0 Å². The standard InChI is InChI=1S/C26H33FN2O3S/c1-2-3-6-21(30)16-28(15-19-8-9-19)17-26(31)29-12-10-25-23(11-13-33-25)24(29)18-32-22-7-4-5-20(27)14-22/h2,4-5,7,11,13-14,19,21,24,30H,1,3,6,8-10,12,15-18H2/t21-,24-/m0/s1. The third kappa shape index (κ3) is 6.65. The predicted molar refractivity (Wildman–Crippen MR) is 129 cm³/mol. The lowest BCUT2D eigenvalue weighted by Gasteiger charge is -2.37. The van der Waals surface area contributed by atoms with Crippen LogP contribution in [0.15, 0.2) is 48.4 Å². The van der Waals surface area contributed by atoms with Crippen molar-refractivity contribution in [2.24, 2.45) is 5.92 Å². The number of carbonyl (C=O) groups is 1. The molecular weight excluding hydrogens is 439 g/mol. The van der Waals surface area contributed by atoms with Crippen molar-refractivity contribution >= 4 is 17.2 Å². The van der Waals surface area contributed by atoms with Gasteiger partial charge >= 0.3 is 0 Å². The van der Waals surface area contributed by atoms with Crippen molar-refractivity contribution in [3.8, 4) is 5.75 Å². The molecule has 0 spiro atoms. The number of amides is 1. The van der Waals surface area contributed by atoms with Crippen molar-refractivity contribution in [3.63, 3.8) is 0 Å². The zero-order valence-corrected chi connectivity index (χ0v) is 19.8. The Bertz CT molecular complexity index is 945. The number of ether oxygens (including phenoxy) is 1. The minimum atomic E-state index is -0.466. The molecule has 1 aromatic carbocycles. The Morgan fingerprint density at radius 2 is 2.24 bits per heavy atom. The first-order valence-corrected chi connectivity index (χ1v) is 12.7. The van der Waals surface area contributed by atoms with Gasteiger partial charge < -0.3 is 14.7 Å². The van der Waals surface area contributed by atoms with E-state index >= 15 is 0 Å². The van der Waals surface area contributed by atoms with Crippen molar-refractivity contribution in [1.29, 1.82) is 0 Å². The molecule has 1 aliphatic carbocycles. The first-order valence-electron chi connectivity index (χ1n) is 11.8. The number of aliphatic hydroxyl groups is 1. The van der Waals surface area contributed by atoms with E-state index in [2.05, 4.69) is 22.9 Å². The minimum Gasteiger partial charge on any atom is -0.491 e. The monoisotopic (exact) mass is 472 g/mol. The maximum atomic E-state index is 13.6. The van der Waals surface area contributed by atoms with Gasteiger partial charge in [-0.15, -0.1) is 17.9 Å². The van der Waals surface area contributed by atoms with Crippen molar-refractivity contribution in [1.82, 2.24) is 9.80 Å². The van der Waals surface area contributed by atoms with E-state index in [1.807, 2.05) is 11.0 Å². The molecule has 1 saturated carbocycles. The molecule has 2 atom stereocenters. The number of halogens is 1. The summed E-state index contributed by atoms with van der Waals surface area (Å²) in [7, 11) is 0. The molecule has 2 heterocycles. The fourth-order valence-electron chi connectivity index (χ4n) is 4.46. The Morgan fingerprint density at radius 3 is 3.00 bits per heavy atom. The maximum absolute atomic E-state index is 13.6. The average molecular weight is 473 g/mol. The molecule has 2 aliphatic rings. The normalized spacial score (nSPS) is 18.8. The Hall–Kier alpha value is -2.22. The summed E-state index contributed by atoms with van der Waals surface area (Å²) in [6, 6.07) is 7.97. The van der Waals surface area contributed by atoms with Crippen LogP contribution in [0.2, 0.25) is 0 Å². The molecule has 178 valence electrons. The van der Waals surface area contributed by atoms with Crippen molar-refractivity contribution < 1.29 is 19.0 Å². The molecule has 2 aromatic rings. The molecule has 4 rings (SSSR count). The largest absolute Gasteiger partial charge is 0.491 e. The second kappa shape index (κ2) is 11.3. The van der Waals surface area contributed by atoms with Crippen LogP contribution in [-0.4, -0.2) is 59.7 Å². The number of aliphatic hydroxyl groups excluding tert-OH is 1. The highest BCUT2D eigenvalue weighted by Gasteiger charge is 2.34. The molecule has 5 nitrogen and oxygen atoms in total. The second-order valence-electron chi connectivity index (χ2n) is 9.08. The van der Waals surface area contributed by atoms with Gasteiger partial charge in [-0.05, 0) is 67.2 Å². The second-order valence-corrected chi connectivity index (χ2v) is 10.1. The highest BCUT2D eigenvalue weighted by Crippen LogP contribution is 2.34. The first-order chi connectivity index (χ1) is 16.0. The summed E-state index contributed by atoms with van der Waals surface area (Å²) in [5, 5.41) is 12.5. The predicted octanol–water partition coefficient (Wildman–Crippen LogP) is 4.43. The van der Waals surface area contributed by atoms with Crippen LogP contribution in [0.5, 0.6) is 5.75 Å². The van der Waals surface area contributed by atoms with Crippen molar-refractivity contribution in [3.05, 3.63) is 64.6 Å². The molecule has 0 unspecified atom stereocenters. The van der Waals surface area contributed by atoms with Gasteiger partial charge in [-0.2, -0.15) is 0 Å². The zero-order chi connectivity index (χ0) is 23.2. The SMILES string of the molecule is C=CCC[C@H](O)CN(CC(=O)N1CCc2sccc2[C@@H]1COc1cccc(F)c1)CC1CC1. The van der Waals surface area contributed by atoms with Gasteiger partial charge in [-0.25, -0.2) is 4.39 Å². The summed E-state index contributed by atoms with van der Waals surface area (Å²) >= 11 is 1.71. The van der Waals surface area contributed by atoms with E-state index in [-0.39, 0.29) is 30.9 Å². The van der Waals surface area contributed by atoms with Crippen molar-refractivity contribution in [2.75, 3.05) is 32.8 Å². The summed E-state index contributed by atoms with van der Waals surface area (Å²) in [6.45, 7) is 6.28. The van der Waals surface area contributed by atoms with Crippen LogP contribution < -0.4 is 4.74 Å². The summed E-state index contributed by atoms with van der Waals surface area (Å²) < 4.78 is 19.5. The molecule has 1 aliphatic heterocycles. The van der Waals surface area contributed by atoms with Crippen LogP contribution in [-0.2, 0) is 11.2 Å². The number of hydrogen-bond donors (Lipinski definition) is 1. The van der Waals surface area contributed by atoms with Gasteiger partial charge in [0.25, 0.3) is 0 Å². The third-order valence-corrected chi connectivity index (χ3v) is 7.36. The average Bonchev–Trinajstić information content (AvgIpc) is 3.47. The van der Waals surface area contributed by atoms with Gasteiger partial charge in [0.2, 0.25) is 5.91 Å². The Morgan fingerprint density at radius 1 is 1.39 bits per heavy atom. The van der Waals surface area contributed by atoms with Gasteiger partial charge in [0, 0.05) is 30.6 Å². The molecule has 1 N–H and O–H groups in total. The lowest BCUT2D eigenvalue weighted by molar-refractivity contribution is -0.136. The van der Waals surface area contributed by atoms with E-state index in [1.165, 1.54) is 29.9 Å². The maximum Gasteiger partial charge on any atom is 0.237 e. The lowest BCUT2D eigenvalue weighted by Crippen LogP contribution is -2.48. The third-order valence-electron chi connectivity index (χ3n) is 6.36. The van der Waals surface area contributed by atoms with E-state index in [9.17, 15) is 14.3 Å². The summed E-state index contributed by atoms with van der Waals surface area (Å²) in [5.41, 5.74) is 1.12. The molecule has 7 heteroatoms. The number of carbonyl (C=O) groups excluding carboxylic acids is 1. The number of fused-ring (bicyclic) bond motifs is 1. The van der Waals surface area contributed by atoms with Crippen LogP contribution in [0.25, 0.3) is 0 Å². The molecule has 0 radical (unpaired) electrons. The number of allylic oxidation sites excluding steroid dienone is 1. The van der Waals surface area contributed by atoms with Gasteiger partial charge in [0.05, 0.1) is 18.7 Å². The zero-order valence-electron chi connectivity index (χ0n) is 19.0.